The molecule has 0 rings (SSSR count). The van der Waals surface area contributed by atoms with Crippen molar-refractivity contribution in [2.24, 2.45) is 0 Å². The normalized spacial score (nSPS) is 14.6. The van der Waals surface area contributed by atoms with Gasteiger partial charge in [-0.3, -0.25) is 37.3 Å². The lowest BCUT2D eigenvalue weighted by Crippen LogP contribution is -2.30. The molecule has 0 fully saturated rings. The third-order valence-electron chi connectivity index (χ3n) is 15.4. The van der Waals surface area contributed by atoms with Crippen molar-refractivity contribution in [3.05, 3.63) is 122 Å². The van der Waals surface area contributed by atoms with Gasteiger partial charge in [-0.2, -0.15) is 0 Å². The minimum Gasteiger partial charge on any atom is -0.462 e. The molecule has 0 aromatic rings. The van der Waals surface area contributed by atoms with Crippen LogP contribution in [0.4, 0.5) is 0 Å². The summed E-state index contributed by atoms with van der Waals surface area (Å²) >= 11 is 0. The second kappa shape index (κ2) is 70.9. The predicted molar refractivity (Wildman–Crippen MR) is 399 cm³/mol. The smallest absolute Gasteiger partial charge is 0.462 e. The zero-order valence-corrected chi connectivity index (χ0v) is 63.0. The van der Waals surface area contributed by atoms with Gasteiger partial charge >= 0.3 is 39.5 Å². The van der Waals surface area contributed by atoms with Gasteiger partial charge in [-0.15, -0.1) is 0 Å². The summed E-state index contributed by atoms with van der Waals surface area (Å²) in [6.07, 6.45) is 76.3. The minimum atomic E-state index is -5.00. The number of hydrogen-bond donors (Lipinski definition) is 3. The molecule has 0 aromatic heterocycles. The van der Waals surface area contributed by atoms with Gasteiger partial charge in [-0.1, -0.05) is 258 Å². The van der Waals surface area contributed by atoms with Crippen LogP contribution in [-0.4, -0.2) is 96.7 Å². The Morgan fingerprint density at radius 1 is 0.296 bits per heavy atom. The zero-order valence-electron chi connectivity index (χ0n) is 61.2. The number of phosphoric ester groups is 2. The van der Waals surface area contributed by atoms with E-state index < -0.39 is 97.5 Å². The van der Waals surface area contributed by atoms with Crippen LogP contribution in [0.2, 0.25) is 0 Å². The summed E-state index contributed by atoms with van der Waals surface area (Å²) in [7, 11) is -9.98. The van der Waals surface area contributed by atoms with Gasteiger partial charge in [0.25, 0.3) is 0 Å². The first kappa shape index (κ1) is 93.5. The number of aliphatic hydroxyl groups excluding tert-OH is 1. The van der Waals surface area contributed by atoms with Crippen molar-refractivity contribution in [1.29, 1.82) is 0 Å². The average molecular weight is 1420 g/mol. The highest BCUT2D eigenvalue weighted by Gasteiger charge is 2.30. The van der Waals surface area contributed by atoms with Crippen LogP contribution < -0.4 is 0 Å². The second-order valence-corrected chi connectivity index (χ2v) is 27.7. The van der Waals surface area contributed by atoms with E-state index in [-0.39, 0.29) is 25.7 Å². The summed E-state index contributed by atoms with van der Waals surface area (Å²) in [5, 5.41) is 10.6. The van der Waals surface area contributed by atoms with Crippen LogP contribution in [0.15, 0.2) is 122 Å². The number of carbonyl (C=O) groups excluding carboxylic acids is 4. The second-order valence-electron chi connectivity index (χ2n) is 24.8. The number of phosphoric acid groups is 2. The molecule has 3 N–H and O–H groups in total. The van der Waals surface area contributed by atoms with Gasteiger partial charge in [0, 0.05) is 25.7 Å². The molecule has 0 saturated carbocycles. The minimum absolute atomic E-state index is 0.0309. The average Bonchev–Trinajstić information content (AvgIpc) is 1.04. The van der Waals surface area contributed by atoms with Crippen LogP contribution in [0.5, 0.6) is 0 Å². The number of ether oxygens (including phenoxy) is 4. The first-order chi connectivity index (χ1) is 47.7. The maximum atomic E-state index is 13.1. The fourth-order valence-electron chi connectivity index (χ4n) is 9.70. The van der Waals surface area contributed by atoms with Crippen molar-refractivity contribution in [3.63, 3.8) is 0 Å². The summed E-state index contributed by atoms with van der Waals surface area (Å²) < 4.78 is 68.4. The summed E-state index contributed by atoms with van der Waals surface area (Å²) in [6.45, 7) is 4.51. The topological polar surface area (TPSA) is 237 Å². The van der Waals surface area contributed by atoms with Crippen molar-refractivity contribution < 1.29 is 80.2 Å². The predicted octanol–water partition coefficient (Wildman–Crippen LogP) is 21.6. The van der Waals surface area contributed by atoms with E-state index in [1.807, 2.05) is 0 Å². The molecule has 0 heterocycles. The van der Waals surface area contributed by atoms with E-state index in [2.05, 4.69) is 149 Å². The molecule has 5 unspecified atom stereocenters. The van der Waals surface area contributed by atoms with E-state index in [1.54, 1.807) is 0 Å². The molecule has 0 saturated heterocycles. The Morgan fingerprint density at radius 3 is 0.857 bits per heavy atom. The summed E-state index contributed by atoms with van der Waals surface area (Å²) in [4.78, 5) is 72.8. The lowest BCUT2D eigenvalue weighted by atomic mass is 10.0. The fraction of sp³-hybridized carbons (Fsp3) is 0.696. The highest BCUT2D eigenvalue weighted by atomic mass is 31.2. The zero-order chi connectivity index (χ0) is 71.8. The number of esters is 4. The van der Waals surface area contributed by atoms with Crippen LogP contribution >= 0.6 is 15.6 Å². The Balaban J connectivity index is 5.42. The highest BCUT2D eigenvalue weighted by molar-refractivity contribution is 7.47. The van der Waals surface area contributed by atoms with Crippen molar-refractivity contribution in [2.45, 2.75) is 316 Å². The summed E-state index contributed by atoms with van der Waals surface area (Å²) in [6, 6.07) is 0. The molecule has 0 spiro atoms. The number of carbonyl (C=O) groups is 4. The van der Waals surface area contributed by atoms with E-state index in [0.29, 0.717) is 32.1 Å². The van der Waals surface area contributed by atoms with Crippen molar-refractivity contribution in [2.75, 3.05) is 39.6 Å². The highest BCUT2D eigenvalue weighted by Crippen LogP contribution is 2.45. The van der Waals surface area contributed by atoms with Gasteiger partial charge in [0.15, 0.2) is 12.2 Å². The SMILES string of the molecule is CC/C=C\C/C=C\C/C=C\C/C=C\CCCCC(=O)OCC(COP(=O)(O)OCC(O)COP(=O)(O)OCC(COC(=O)CCCCCCC/C=C\C/C=C\CCCCC)OC(=O)CCCCCCCCCCCCCCC)OC(=O)CCCC/C=C\C/C=C\C/C=C\C/C=C\CC. The molecule has 0 aromatic carbocycles. The molecule has 0 aliphatic carbocycles. The summed E-state index contributed by atoms with van der Waals surface area (Å²) in [5.41, 5.74) is 0. The van der Waals surface area contributed by atoms with Crippen LogP contribution in [-0.2, 0) is 65.4 Å². The molecule has 19 heteroatoms. The number of allylic oxidation sites excluding steroid dienone is 20. The molecule has 5 atom stereocenters. The first-order valence-corrected chi connectivity index (χ1v) is 40.8. The Hall–Kier alpha value is -4.54. The van der Waals surface area contributed by atoms with Crippen molar-refractivity contribution in [3.8, 4) is 0 Å². The van der Waals surface area contributed by atoms with E-state index in [9.17, 15) is 43.2 Å². The molecule has 98 heavy (non-hydrogen) atoms. The lowest BCUT2D eigenvalue weighted by molar-refractivity contribution is -0.161. The maximum absolute atomic E-state index is 13.1. The Morgan fingerprint density at radius 2 is 0.531 bits per heavy atom. The van der Waals surface area contributed by atoms with Gasteiger partial charge in [-0.25, -0.2) is 9.13 Å². The van der Waals surface area contributed by atoms with Crippen LogP contribution in [0, 0.1) is 0 Å². The van der Waals surface area contributed by atoms with Crippen LogP contribution in [0.3, 0.4) is 0 Å². The van der Waals surface area contributed by atoms with Crippen LogP contribution in [0.25, 0.3) is 0 Å². The van der Waals surface area contributed by atoms with Crippen molar-refractivity contribution in [1.82, 2.24) is 0 Å². The molecule has 0 radical (unpaired) electrons. The number of aliphatic hydroxyl groups is 1. The van der Waals surface area contributed by atoms with Gasteiger partial charge in [0.1, 0.15) is 19.3 Å². The monoisotopic (exact) mass is 1420 g/mol. The molecule has 0 bridgehead atoms. The molecule has 17 nitrogen and oxygen atoms in total. The number of unbranched alkanes of at least 4 members (excludes halogenated alkanes) is 24. The van der Waals surface area contributed by atoms with E-state index in [1.165, 1.54) is 70.6 Å². The van der Waals surface area contributed by atoms with Crippen molar-refractivity contribution >= 4 is 39.5 Å². The van der Waals surface area contributed by atoms with Gasteiger partial charge in [0.05, 0.1) is 26.4 Å². The summed E-state index contributed by atoms with van der Waals surface area (Å²) in [5.74, 6) is -2.28. The molecule has 0 aliphatic rings. The molecule has 0 amide bonds. The molecule has 0 aliphatic heterocycles. The third kappa shape index (κ3) is 69.9. The number of rotatable bonds is 70. The van der Waals surface area contributed by atoms with E-state index in [4.69, 9.17) is 37.0 Å². The third-order valence-corrected chi connectivity index (χ3v) is 17.3. The quantitative estimate of drug-likeness (QED) is 0.0169. The van der Waals surface area contributed by atoms with E-state index >= 15 is 0 Å². The Labute approximate surface area is 593 Å². The Bertz CT molecular complexity index is 2340. The lowest BCUT2D eigenvalue weighted by Gasteiger charge is -2.21. The molecular weight excluding hydrogens is 1280 g/mol. The van der Waals surface area contributed by atoms with E-state index in [0.717, 1.165) is 141 Å². The van der Waals surface area contributed by atoms with Crippen LogP contribution in [0.1, 0.15) is 297 Å². The first-order valence-electron chi connectivity index (χ1n) is 37.8. The molecule has 562 valence electrons. The van der Waals surface area contributed by atoms with Gasteiger partial charge in [-0.05, 0) is 135 Å². The van der Waals surface area contributed by atoms with Gasteiger partial charge < -0.3 is 33.8 Å². The molecular formula is C79H134O17P2. The maximum Gasteiger partial charge on any atom is 0.472 e. The Kier molecular flexibility index (Phi) is 67.6. The fourth-order valence-corrected chi connectivity index (χ4v) is 11.3. The largest absolute Gasteiger partial charge is 0.472 e. The van der Waals surface area contributed by atoms with Gasteiger partial charge in [0.2, 0.25) is 0 Å². The number of hydrogen-bond acceptors (Lipinski definition) is 15. The standard InChI is InChI=1S/C79H134O17P2/c1-5-9-13-17-21-25-29-33-36-40-43-47-51-55-59-63-76(81)89-69-74(95-78(83)65-61-57-53-49-45-39-32-28-24-20-16-12-8-4)71-93-97(85,86)91-67-73(80)68-92-98(87,88)94-72-75(96-79(84)66-62-58-54-50-46-42-38-35-31-27-23-19-15-11-7-3)70-90-77(82)64-60-56-52-48-44-41-37-34-30-26-22-18-14-10-6-2/h10-11,14-15,21-23,25-27,33-38,44,46,48,50,73-75,80H,5-9,12-13,16-20,24,28-32,39-43,45,47,49,51-72H2,1-4H3,(H,85,86)(H,87,88)/b14-10-,15-11-,25-21-,26-22-,27-23-,36-33-,37-34-,38-35-,48-44-,50-46-.